The Morgan fingerprint density at radius 2 is 1.78 bits per heavy atom. The van der Waals surface area contributed by atoms with Gasteiger partial charge in [0.1, 0.15) is 22.9 Å². The Bertz CT molecular complexity index is 1900. The number of rotatable bonds is 7. The van der Waals surface area contributed by atoms with Crippen LogP contribution in [-0.2, 0) is 0 Å². The minimum absolute atomic E-state index is 0.0238. The highest BCUT2D eigenvalue weighted by atomic mass is 19.1. The summed E-state index contributed by atoms with van der Waals surface area (Å²) >= 11 is 0. The van der Waals surface area contributed by atoms with Crippen molar-refractivity contribution in [2.24, 2.45) is 17.3 Å². The van der Waals surface area contributed by atoms with Crippen LogP contribution in [0.3, 0.4) is 0 Å². The quantitative estimate of drug-likeness (QED) is 0.270. The highest BCUT2D eigenvalue weighted by Crippen LogP contribution is 2.51. The predicted molar refractivity (Wildman–Crippen MR) is 169 cm³/mol. The van der Waals surface area contributed by atoms with Crippen LogP contribution in [0.2, 0.25) is 0 Å². The third-order valence-electron chi connectivity index (χ3n) is 10.8. The fourth-order valence-electron chi connectivity index (χ4n) is 8.23. The van der Waals surface area contributed by atoms with Gasteiger partial charge in [0.05, 0.1) is 12.2 Å². The van der Waals surface area contributed by atoms with Gasteiger partial charge < -0.3 is 25.0 Å². The van der Waals surface area contributed by atoms with Crippen LogP contribution in [-0.4, -0.2) is 71.4 Å². The van der Waals surface area contributed by atoms with Gasteiger partial charge in [0.2, 0.25) is 0 Å². The van der Waals surface area contributed by atoms with Crippen molar-refractivity contribution in [3.05, 3.63) is 53.6 Å². The van der Waals surface area contributed by atoms with Crippen LogP contribution >= 0.6 is 0 Å². The summed E-state index contributed by atoms with van der Waals surface area (Å²) in [7, 11) is 0. The molecule has 1 aromatic heterocycles. The van der Waals surface area contributed by atoms with Crippen LogP contribution in [0.15, 0.2) is 36.4 Å². The number of piperidine rings is 1. The lowest BCUT2D eigenvalue weighted by atomic mass is 9.93. The number of phenols is 1. The second kappa shape index (κ2) is 10.0. The van der Waals surface area contributed by atoms with Crippen molar-refractivity contribution in [3.63, 3.8) is 0 Å². The number of terminal acetylenes is 1. The number of likely N-dealkylation sites (tertiary alicyclic amines) is 1. The number of ether oxygens (including phenoxy) is 1. The average Bonchev–Trinajstić information content (AvgIpc) is 3.91. The molecule has 0 amide bonds. The van der Waals surface area contributed by atoms with Crippen molar-refractivity contribution in [2.75, 3.05) is 44.2 Å². The Hall–Kier alpha value is -4.00. The van der Waals surface area contributed by atoms with E-state index in [0.29, 0.717) is 46.2 Å². The summed E-state index contributed by atoms with van der Waals surface area (Å²) in [5.41, 5.74) is 0.738. The Morgan fingerprint density at radius 3 is 2.51 bits per heavy atom. The lowest BCUT2D eigenvalue weighted by Gasteiger charge is -2.34. The van der Waals surface area contributed by atoms with Gasteiger partial charge in [-0.1, -0.05) is 18.1 Å². The molecule has 4 unspecified atom stereocenters. The summed E-state index contributed by atoms with van der Waals surface area (Å²) in [5.74, 6) is 3.63. The molecule has 3 aromatic carbocycles. The minimum atomic E-state index is -0.587. The van der Waals surface area contributed by atoms with Crippen molar-refractivity contribution in [1.29, 1.82) is 0 Å². The number of fused-ring (bicyclic) bond motifs is 5. The standard InChI is InChI=1S/C36H35F2N5O2/c1-2-26-30(37)8-3-20-12-25(44)13-29(31(20)26)27-6-7-28-33(32(27)38)40-35(41-34(28)43-16-23-4-5-24(17-43)39-23)45-19-36(9-10-36)18-42-14-21-11-22(21)15-42/h1,3,6-8,12-13,21-24,39,44H,4-5,9-11,14-19H2. The number of benzene rings is 3. The molecule has 2 aliphatic carbocycles. The molecule has 0 radical (unpaired) electrons. The second-order valence-electron chi connectivity index (χ2n) is 14.1. The second-order valence-corrected chi connectivity index (χ2v) is 14.1. The molecular weight excluding hydrogens is 572 g/mol. The zero-order chi connectivity index (χ0) is 30.4. The van der Waals surface area contributed by atoms with E-state index in [1.165, 1.54) is 43.8 Å². The number of phenolic OH excluding ortho intramolecular Hbond substituents is 1. The maximum absolute atomic E-state index is 16.8. The molecule has 45 heavy (non-hydrogen) atoms. The maximum atomic E-state index is 16.8. The molecule has 2 bridgehead atoms. The summed E-state index contributed by atoms with van der Waals surface area (Å²) in [6, 6.07) is 10.1. The summed E-state index contributed by atoms with van der Waals surface area (Å²) in [5, 5.41) is 15.7. The van der Waals surface area contributed by atoms with Crippen LogP contribution in [0.1, 0.15) is 37.7 Å². The first-order valence-corrected chi connectivity index (χ1v) is 16.1. The first kappa shape index (κ1) is 27.3. The summed E-state index contributed by atoms with van der Waals surface area (Å²) in [6.45, 7) is 5.46. The van der Waals surface area contributed by atoms with Gasteiger partial charge >= 0.3 is 6.01 Å². The van der Waals surface area contributed by atoms with E-state index in [2.05, 4.69) is 26.0 Å². The van der Waals surface area contributed by atoms with E-state index in [0.717, 1.165) is 57.2 Å². The molecule has 5 fully saturated rings. The number of nitrogens with one attached hydrogen (secondary N) is 1. The molecule has 4 atom stereocenters. The summed E-state index contributed by atoms with van der Waals surface area (Å²) < 4.78 is 38.0. The van der Waals surface area contributed by atoms with Gasteiger partial charge in [-0.25, -0.2) is 8.78 Å². The van der Waals surface area contributed by atoms with Crippen molar-refractivity contribution >= 4 is 27.5 Å². The zero-order valence-corrected chi connectivity index (χ0v) is 25.0. The number of nitrogens with zero attached hydrogens (tertiary/aromatic N) is 4. The van der Waals surface area contributed by atoms with Gasteiger partial charge in [-0.2, -0.15) is 9.97 Å². The lowest BCUT2D eigenvalue weighted by molar-refractivity contribution is 0.163. The van der Waals surface area contributed by atoms with Gasteiger partial charge in [-0.15, -0.1) is 6.42 Å². The van der Waals surface area contributed by atoms with E-state index in [1.54, 1.807) is 6.07 Å². The summed E-state index contributed by atoms with van der Waals surface area (Å²) in [6.07, 6.45) is 11.5. The van der Waals surface area contributed by atoms with Crippen molar-refractivity contribution < 1.29 is 18.6 Å². The van der Waals surface area contributed by atoms with Crippen LogP contribution < -0.4 is 15.0 Å². The molecule has 4 heterocycles. The molecule has 2 saturated carbocycles. The van der Waals surface area contributed by atoms with E-state index >= 15 is 4.39 Å². The third-order valence-corrected chi connectivity index (χ3v) is 10.8. The molecule has 230 valence electrons. The predicted octanol–water partition coefficient (Wildman–Crippen LogP) is 5.47. The van der Waals surface area contributed by atoms with E-state index < -0.39 is 11.6 Å². The number of piperazine rings is 1. The molecule has 4 aromatic rings. The average molecular weight is 608 g/mol. The highest BCUT2D eigenvalue weighted by molar-refractivity contribution is 6.04. The Kier molecular flexibility index (Phi) is 6.07. The SMILES string of the molecule is C#Cc1c(F)ccc2cc(O)cc(-c3ccc4c(N5CC6CCC(C5)N6)nc(OCC5(CN6CC7CC7C6)CC5)nc4c3F)c12. The first-order chi connectivity index (χ1) is 21.9. The van der Waals surface area contributed by atoms with E-state index in [9.17, 15) is 9.50 Å². The fourth-order valence-corrected chi connectivity index (χ4v) is 8.23. The van der Waals surface area contributed by atoms with Gasteiger partial charge in [-0.05, 0) is 79.2 Å². The molecule has 3 aliphatic heterocycles. The van der Waals surface area contributed by atoms with Crippen LogP contribution in [0, 0.1) is 41.2 Å². The Morgan fingerprint density at radius 1 is 1.00 bits per heavy atom. The van der Waals surface area contributed by atoms with Gasteiger partial charge in [0, 0.05) is 66.6 Å². The van der Waals surface area contributed by atoms with Crippen molar-refractivity contribution in [3.8, 4) is 35.2 Å². The number of hydrogen-bond acceptors (Lipinski definition) is 7. The smallest absolute Gasteiger partial charge is 0.319 e. The number of anilines is 1. The van der Waals surface area contributed by atoms with Crippen LogP contribution in [0.5, 0.6) is 11.8 Å². The lowest BCUT2D eigenvalue weighted by Crippen LogP contribution is -2.51. The third kappa shape index (κ3) is 4.69. The first-order valence-electron chi connectivity index (χ1n) is 16.1. The monoisotopic (exact) mass is 607 g/mol. The number of hydrogen-bond donors (Lipinski definition) is 2. The van der Waals surface area contributed by atoms with E-state index in [-0.39, 0.29) is 33.8 Å². The number of aromatic nitrogens is 2. The Balaban J connectivity index is 1.13. The maximum Gasteiger partial charge on any atom is 0.319 e. The van der Waals surface area contributed by atoms with E-state index in [1.807, 2.05) is 6.07 Å². The van der Waals surface area contributed by atoms with Crippen molar-refractivity contribution in [2.45, 2.75) is 44.2 Å². The largest absolute Gasteiger partial charge is 0.508 e. The summed E-state index contributed by atoms with van der Waals surface area (Å²) in [4.78, 5) is 14.4. The van der Waals surface area contributed by atoms with Gasteiger partial charge in [-0.3, -0.25) is 0 Å². The van der Waals surface area contributed by atoms with Gasteiger partial charge in [0.15, 0.2) is 5.82 Å². The molecule has 0 spiro atoms. The molecule has 5 aliphatic rings. The van der Waals surface area contributed by atoms with Crippen LogP contribution in [0.4, 0.5) is 14.6 Å². The molecule has 9 rings (SSSR count). The number of halogens is 2. The molecule has 3 saturated heterocycles. The fraction of sp³-hybridized carbons (Fsp3) is 0.444. The highest BCUT2D eigenvalue weighted by Gasteiger charge is 2.50. The van der Waals surface area contributed by atoms with E-state index in [4.69, 9.17) is 16.1 Å². The molecule has 2 N–H and O–H groups in total. The topological polar surface area (TPSA) is 73.8 Å². The normalized spacial score (nSPS) is 26.3. The molecule has 9 heteroatoms. The molecular formula is C36H35F2N5O2. The number of aromatic hydroxyl groups is 1. The zero-order valence-electron chi connectivity index (χ0n) is 25.0. The Labute approximate surface area is 260 Å². The molecule has 7 nitrogen and oxygen atoms in total. The minimum Gasteiger partial charge on any atom is -0.508 e. The van der Waals surface area contributed by atoms with Crippen LogP contribution in [0.25, 0.3) is 32.8 Å². The van der Waals surface area contributed by atoms with Crippen molar-refractivity contribution in [1.82, 2.24) is 20.2 Å². The van der Waals surface area contributed by atoms with Gasteiger partial charge in [0.25, 0.3) is 0 Å².